The number of likely N-dealkylation sites (tertiary alicyclic amines) is 1. The van der Waals surface area contributed by atoms with Crippen LogP contribution in [0, 0.1) is 11.8 Å². The summed E-state index contributed by atoms with van der Waals surface area (Å²) < 4.78 is 62.0. The molecule has 0 aliphatic carbocycles. The molecule has 0 saturated carbocycles. The van der Waals surface area contributed by atoms with E-state index in [1.807, 2.05) is 0 Å². The van der Waals surface area contributed by atoms with E-state index in [0.29, 0.717) is 58.8 Å². The molecule has 1 aromatic heterocycles. The maximum Gasteiger partial charge on any atom is 0.573 e. The van der Waals surface area contributed by atoms with Crippen molar-refractivity contribution < 1.29 is 36.9 Å². The lowest BCUT2D eigenvalue weighted by atomic mass is 9.81. The summed E-state index contributed by atoms with van der Waals surface area (Å²) >= 11 is 1.42. The number of pyridine rings is 1. The molecule has 216 valence electrons. The molecule has 3 atom stereocenters. The number of piperidine rings is 1. The highest BCUT2D eigenvalue weighted by Gasteiger charge is 2.34. The number of carbonyl (C=O) groups is 1. The smallest absolute Gasteiger partial charge is 0.497 e. The summed E-state index contributed by atoms with van der Waals surface area (Å²) in [5.74, 6) is -0.549. The van der Waals surface area contributed by atoms with Crippen molar-refractivity contribution in [2.24, 2.45) is 11.8 Å². The van der Waals surface area contributed by atoms with E-state index < -0.39 is 24.4 Å². The third kappa shape index (κ3) is 8.23. The molecule has 2 aromatic carbocycles. The standard InChI is InChI=1S/C29H32F4N2O4S/c1-38-20-7-9-27-24(17-20)23(10-12-34-27)26(30)8-6-19-11-14-35(18-25(19)28(36)37)13-3-15-40-22-5-2-4-21(16-22)39-29(31,32)33/h2,4-5,7,9-10,12,16-17,19,25-26H,3,6,8,11,13-15,18H2,1H3,(H,36,37)/t19-,25+,26+/m1/s1. The molecule has 2 heterocycles. The first-order chi connectivity index (χ1) is 19.1. The predicted molar refractivity (Wildman–Crippen MR) is 146 cm³/mol. The van der Waals surface area contributed by atoms with Crippen LogP contribution >= 0.6 is 11.8 Å². The number of hydrogen-bond donors (Lipinski definition) is 1. The number of nitrogens with zero attached hydrogens (tertiary/aromatic N) is 2. The molecular weight excluding hydrogens is 548 g/mol. The van der Waals surface area contributed by atoms with E-state index in [4.69, 9.17) is 4.74 Å². The fraction of sp³-hybridized carbons (Fsp3) is 0.448. The predicted octanol–water partition coefficient (Wildman–Crippen LogP) is 7.14. The second-order valence-electron chi connectivity index (χ2n) is 9.85. The van der Waals surface area contributed by atoms with Crippen LogP contribution in [0.15, 0.2) is 59.6 Å². The molecule has 0 bridgehead atoms. The molecule has 1 N–H and O–H groups in total. The summed E-state index contributed by atoms with van der Waals surface area (Å²) in [4.78, 5) is 19.2. The lowest BCUT2D eigenvalue weighted by Gasteiger charge is -2.36. The number of hydrogen-bond acceptors (Lipinski definition) is 6. The molecule has 0 spiro atoms. The van der Waals surface area contributed by atoms with Crippen LogP contribution in [0.3, 0.4) is 0 Å². The number of benzene rings is 2. The molecule has 0 radical (unpaired) electrons. The van der Waals surface area contributed by atoms with Gasteiger partial charge in [0.05, 0.1) is 18.5 Å². The van der Waals surface area contributed by atoms with Gasteiger partial charge in [-0.25, -0.2) is 4.39 Å². The molecule has 1 aliphatic heterocycles. The third-order valence-electron chi connectivity index (χ3n) is 7.19. The molecule has 0 amide bonds. The average molecular weight is 581 g/mol. The van der Waals surface area contributed by atoms with Gasteiger partial charge < -0.3 is 19.5 Å². The molecule has 1 fully saturated rings. The van der Waals surface area contributed by atoms with Crippen LogP contribution in [0.25, 0.3) is 10.9 Å². The molecule has 40 heavy (non-hydrogen) atoms. The number of carboxylic acid groups (broad SMARTS) is 1. The zero-order valence-electron chi connectivity index (χ0n) is 22.1. The van der Waals surface area contributed by atoms with Gasteiger partial charge in [0.2, 0.25) is 0 Å². The maximum absolute atomic E-state index is 15.4. The highest BCUT2D eigenvalue weighted by molar-refractivity contribution is 7.99. The fourth-order valence-corrected chi connectivity index (χ4v) is 6.08. The van der Waals surface area contributed by atoms with Crippen molar-refractivity contribution in [3.05, 3.63) is 60.3 Å². The number of alkyl halides is 4. The summed E-state index contributed by atoms with van der Waals surface area (Å²) in [6.07, 6.45) is -2.30. The fourth-order valence-electron chi connectivity index (χ4n) is 5.20. The van der Waals surface area contributed by atoms with Gasteiger partial charge in [0.1, 0.15) is 17.7 Å². The minimum absolute atomic E-state index is 0.125. The Labute approximate surface area is 234 Å². The lowest BCUT2D eigenvalue weighted by Crippen LogP contribution is -2.44. The van der Waals surface area contributed by atoms with Crippen molar-refractivity contribution in [2.45, 2.75) is 43.1 Å². The van der Waals surface area contributed by atoms with Crippen LogP contribution in [0.2, 0.25) is 0 Å². The van der Waals surface area contributed by atoms with Crippen molar-refractivity contribution in [2.75, 3.05) is 32.5 Å². The number of ether oxygens (including phenoxy) is 2. The summed E-state index contributed by atoms with van der Waals surface area (Å²) in [5.41, 5.74) is 1.21. The maximum atomic E-state index is 15.4. The van der Waals surface area contributed by atoms with Crippen LogP contribution in [0.4, 0.5) is 17.6 Å². The van der Waals surface area contributed by atoms with E-state index in [1.54, 1.807) is 43.6 Å². The molecule has 11 heteroatoms. The van der Waals surface area contributed by atoms with Crippen molar-refractivity contribution in [3.8, 4) is 11.5 Å². The monoisotopic (exact) mass is 580 g/mol. The SMILES string of the molecule is COc1ccc2nccc([C@@H](F)CC[C@@H]3CCN(CCCSc4cccc(OC(F)(F)F)c4)C[C@@H]3C(=O)O)c2c1. The van der Waals surface area contributed by atoms with Crippen LogP contribution in [0.1, 0.15) is 37.4 Å². The Morgan fingerprint density at radius 2 is 2.02 bits per heavy atom. The zero-order valence-corrected chi connectivity index (χ0v) is 22.9. The topological polar surface area (TPSA) is 71.9 Å². The van der Waals surface area contributed by atoms with E-state index in [1.165, 1.54) is 30.0 Å². The second kappa shape index (κ2) is 13.5. The van der Waals surface area contributed by atoms with Crippen LogP contribution in [-0.2, 0) is 4.79 Å². The number of aliphatic carboxylic acids is 1. The van der Waals surface area contributed by atoms with Gasteiger partial charge in [-0.2, -0.15) is 0 Å². The van der Waals surface area contributed by atoms with Gasteiger partial charge in [-0.1, -0.05) is 6.07 Å². The Kier molecular flexibility index (Phi) is 10.1. The Bertz CT molecular complexity index is 1290. The molecule has 3 aromatic rings. The molecule has 6 nitrogen and oxygen atoms in total. The Morgan fingerprint density at radius 1 is 1.20 bits per heavy atom. The molecule has 0 unspecified atom stereocenters. The summed E-state index contributed by atoms with van der Waals surface area (Å²) in [6, 6.07) is 12.9. The average Bonchev–Trinajstić information content (AvgIpc) is 2.93. The van der Waals surface area contributed by atoms with E-state index in [9.17, 15) is 23.1 Å². The number of thioether (sulfide) groups is 1. The number of rotatable bonds is 12. The number of carboxylic acids is 1. The lowest BCUT2D eigenvalue weighted by molar-refractivity contribution is -0.274. The summed E-state index contributed by atoms with van der Waals surface area (Å²) in [5, 5.41) is 10.6. The van der Waals surface area contributed by atoms with Crippen LogP contribution < -0.4 is 9.47 Å². The van der Waals surface area contributed by atoms with Crippen LogP contribution in [0.5, 0.6) is 11.5 Å². The van der Waals surface area contributed by atoms with Gasteiger partial charge in [-0.05, 0) is 98.5 Å². The highest BCUT2D eigenvalue weighted by Crippen LogP contribution is 2.36. The highest BCUT2D eigenvalue weighted by atomic mass is 32.2. The van der Waals surface area contributed by atoms with Gasteiger partial charge >= 0.3 is 12.3 Å². The number of methoxy groups -OCH3 is 1. The Hall–Kier alpha value is -3.05. The summed E-state index contributed by atoms with van der Waals surface area (Å²) in [7, 11) is 1.55. The van der Waals surface area contributed by atoms with Gasteiger partial charge in [0, 0.05) is 23.0 Å². The number of fused-ring (bicyclic) bond motifs is 1. The van der Waals surface area contributed by atoms with Crippen molar-refractivity contribution >= 4 is 28.6 Å². The van der Waals surface area contributed by atoms with Crippen molar-refractivity contribution in [1.82, 2.24) is 9.88 Å². The number of aromatic nitrogens is 1. The van der Waals surface area contributed by atoms with E-state index in [-0.39, 0.29) is 18.1 Å². The van der Waals surface area contributed by atoms with E-state index in [0.717, 1.165) is 13.0 Å². The quantitative estimate of drug-likeness (QED) is 0.139. The Balaban J connectivity index is 1.26. The van der Waals surface area contributed by atoms with Crippen molar-refractivity contribution in [1.29, 1.82) is 0 Å². The van der Waals surface area contributed by atoms with Gasteiger partial charge in [-0.15, -0.1) is 24.9 Å². The molecule has 1 saturated heterocycles. The largest absolute Gasteiger partial charge is 0.573 e. The van der Waals surface area contributed by atoms with E-state index >= 15 is 4.39 Å². The minimum atomic E-state index is -4.73. The number of halogens is 4. The van der Waals surface area contributed by atoms with E-state index in [2.05, 4.69) is 14.6 Å². The molecular formula is C29H32F4N2O4S. The normalized spacial score (nSPS) is 18.9. The first-order valence-corrected chi connectivity index (χ1v) is 14.1. The Morgan fingerprint density at radius 3 is 2.77 bits per heavy atom. The minimum Gasteiger partial charge on any atom is -0.497 e. The van der Waals surface area contributed by atoms with Gasteiger partial charge in [0.15, 0.2) is 0 Å². The van der Waals surface area contributed by atoms with Gasteiger partial charge in [0.25, 0.3) is 0 Å². The second-order valence-corrected chi connectivity index (χ2v) is 11.0. The molecule has 4 rings (SSSR count). The first-order valence-electron chi connectivity index (χ1n) is 13.1. The first kappa shape index (κ1) is 29.9. The summed E-state index contributed by atoms with van der Waals surface area (Å²) in [6.45, 7) is 1.80. The third-order valence-corrected chi connectivity index (χ3v) is 8.27. The van der Waals surface area contributed by atoms with Crippen molar-refractivity contribution in [3.63, 3.8) is 0 Å². The molecule has 1 aliphatic rings. The zero-order chi connectivity index (χ0) is 28.7. The van der Waals surface area contributed by atoms with Crippen LogP contribution in [-0.4, -0.2) is 59.8 Å². The van der Waals surface area contributed by atoms with Gasteiger partial charge in [-0.3, -0.25) is 9.78 Å².